The molecule has 0 atom stereocenters. The number of aryl methyl sites for hydroxylation is 3. The zero-order valence-corrected chi connectivity index (χ0v) is 27.6. The minimum absolute atomic E-state index is 0.112. The topological polar surface area (TPSA) is 96.7 Å². The molecule has 1 heterocycles. The lowest BCUT2D eigenvalue weighted by Gasteiger charge is -2.37. The third-order valence-electron chi connectivity index (χ3n) is 8.10. The normalized spacial score (nSPS) is 14.3. The second kappa shape index (κ2) is 11.9. The summed E-state index contributed by atoms with van der Waals surface area (Å²) in [5.74, 6) is -1.63. The number of Topliss-reactive ketones (excluding diaryl/α,β-unsaturated/α-hetero) is 2. The van der Waals surface area contributed by atoms with Gasteiger partial charge in [0.15, 0.2) is 5.69 Å². The van der Waals surface area contributed by atoms with E-state index in [4.69, 9.17) is 19.3 Å². The van der Waals surface area contributed by atoms with E-state index in [0.29, 0.717) is 11.1 Å². The van der Waals surface area contributed by atoms with E-state index < -0.39 is 28.6 Å². The number of esters is 1. The van der Waals surface area contributed by atoms with E-state index in [1.165, 1.54) is 14.2 Å². The maximum atomic E-state index is 13.9. The lowest BCUT2D eigenvalue weighted by molar-refractivity contribution is -0.122. The SMILES string of the molecule is COC1=C(OC)C(=O)C(C(C)(C)CC(C)(C)OC(=O)c2nn(-c3ccc(C)cc3C)c(-c3ccc(C)cc3)c2C)=C(C)C1=O. The number of hydrogen-bond donors (Lipinski definition) is 0. The van der Waals surface area contributed by atoms with Crippen LogP contribution in [0.5, 0.6) is 0 Å². The highest BCUT2D eigenvalue weighted by molar-refractivity contribution is 6.23. The van der Waals surface area contributed by atoms with Crippen molar-refractivity contribution in [3.05, 3.63) is 93.1 Å². The van der Waals surface area contributed by atoms with Crippen molar-refractivity contribution in [2.45, 2.75) is 74.3 Å². The Hall–Kier alpha value is -4.46. The van der Waals surface area contributed by atoms with Crippen LogP contribution in [0.2, 0.25) is 0 Å². The Labute approximate surface area is 259 Å². The molecule has 0 amide bonds. The molecule has 232 valence electrons. The number of benzene rings is 2. The van der Waals surface area contributed by atoms with Gasteiger partial charge in [-0.25, -0.2) is 9.48 Å². The number of rotatable bonds is 9. The maximum Gasteiger partial charge on any atom is 0.359 e. The lowest BCUT2D eigenvalue weighted by atomic mass is 9.70. The molecule has 8 nitrogen and oxygen atoms in total. The summed E-state index contributed by atoms with van der Waals surface area (Å²) in [7, 11) is 2.67. The Morgan fingerprint density at radius 2 is 1.39 bits per heavy atom. The molecule has 0 aliphatic heterocycles. The number of methoxy groups -OCH3 is 2. The van der Waals surface area contributed by atoms with E-state index in [9.17, 15) is 14.4 Å². The number of hydrogen-bond acceptors (Lipinski definition) is 7. The summed E-state index contributed by atoms with van der Waals surface area (Å²) in [6.45, 7) is 16.9. The molecule has 0 saturated carbocycles. The van der Waals surface area contributed by atoms with Gasteiger partial charge in [0.1, 0.15) is 5.60 Å². The van der Waals surface area contributed by atoms with Crippen molar-refractivity contribution < 1.29 is 28.6 Å². The summed E-state index contributed by atoms with van der Waals surface area (Å²) in [5.41, 5.74) is 5.50. The van der Waals surface area contributed by atoms with Crippen LogP contribution in [0, 0.1) is 33.1 Å². The third kappa shape index (κ3) is 5.98. The fraction of sp³-hybridized carbons (Fsp3) is 0.389. The Bertz CT molecular complexity index is 1720. The number of allylic oxidation sites excluding steroid dienone is 2. The number of carbonyl (C=O) groups is 3. The van der Waals surface area contributed by atoms with Crippen LogP contribution >= 0.6 is 0 Å². The molecule has 0 unspecified atom stereocenters. The quantitative estimate of drug-likeness (QED) is 0.191. The van der Waals surface area contributed by atoms with E-state index in [2.05, 4.69) is 6.07 Å². The van der Waals surface area contributed by atoms with Gasteiger partial charge in [-0.2, -0.15) is 5.10 Å². The van der Waals surface area contributed by atoms with Gasteiger partial charge in [-0.15, -0.1) is 0 Å². The maximum absolute atomic E-state index is 13.9. The molecular formula is C36H42N2O6. The summed E-state index contributed by atoms with van der Waals surface area (Å²) >= 11 is 0. The molecular weight excluding hydrogens is 556 g/mol. The van der Waals surface area contributed by atoms with Crippen LogP contribution in [-0.2, 0) is 23.8 Å². The minimum atomic E-state index is -1.03. The Kier molecular flexibility index (Phi) is 8.78. The van der Waals surface area contributed by atoms with Crippen molar-refractivity contribution in [1.29, 1.82) is 0 Å². The molecule has 0 bridgehead atoms. The van der Waals surface area contributed by atoms with Crippen LogP contribution < -0.4 is 0 Å². The number of carbonyl (C=O) groups excluding carboxylic acids is 3. The minimum Gasteiger partial charge on any atom is -0.489 e. The van der Waals surface area contributed by atoms with Crippen LogP contribution in [0.3, 0.4) is 0 Å². The summed E-state index contributed by atoms with van der Waals surface area (Å²) in [6, 6.07) is 14.2. The fourth-order valence-electron chi connectivity index (χ4n) is 6.41. The molecule has 1 aliphatic rings. The van der Waals surface area contributed by atoms with Gasteiger partial charge in [0.25, 0.3) is 0 Å². The van der Waals surface area contributed by atoms with Crippen molar-refractivity contribution in [2.75, 3.05) is 14.2 Å². The summed E-state index contributed by atoms with van der Waals surface area (Å²) in [5, 5.41) is 4.81. The third-order valence-corrected chi connectivity index (χ3v) is 8.10. The average Bonchev–Trinajstić information content (AvgIpc) is 3.26. The van der Waals surface area contributed by atoms with Gasteiger partial charge in [-0.05, 0) is 71.9 Å². The molecule has 3 aromatic rings. The van der Waals surface area contributed by atoms with Gasteiger partial charge in [0.05, 0.1) is 25.6 Å². The van der Waals surface area contributed by atoms with Crippen LogP contribution in [-0.4, -0.2) is 47.1 Å². The van der Waals surface area contributed by atoms with E-state index in [1.807, 2.05) is 82.6 Å². The molecule has 1 aliphatic carbocycles. The Balaban J connectivity index is 1.71. The molecule has 0 spiro atoms. The first-order valence-electron chi connectivity index (χ1n) is 14.6. The van der Waals surface area contributed by atoms with E-state index in [0.717, 1.165) is 33.6 Å². The van der Waals surface area contributed by atoms with Crippen molar-refractivity contribution in [1.82, 2.24) is 9.78 Å². The first kappa shape index (κ1) is 32.5. The van der Waals surface area contributed by atoms with Crippen LogP contribution in [0.25, 0.3) is 16.9 Å². The van der Waals surface area contributed by atoms with Crippen molar-refractivity contribution in [2.24, 2.45) is 5.41 Å². The van der Waals surface area contributed by atoms with Gasteiger partial charge < -0.3 is 14.2 Å². The van der Waals surface area contributed by atoms with Crippen LogP contribution in [0.15, 0.2) is 65.1 Å². The predicted molar refractivity (Wildman–Crippen MR) is 170 cm³/mol. The standard InChI is InChI=1S/C36H42N2O6/c1-20-12-15-25(16-13-20)29-24(5)28(37-38(29)26-17-14-21(2)18-22(26)3)34(41)44-36(8,9)19-35(6,7)27-23(4)30(39)32(42-10)33(43-11)31(27)40/h12-18H,19H2,1-11H3. The van der Waals surface area contributed by atoms with Crippen molar-refractivity contribution in [3.63, 3.8) is 0 Å². The van der Waals surface area contributed by atoms with E-state index in [1.54, 1.807) is 20.8 Å². The predicted octanol–water partition coefficient (Wildman–Crippen LogP) is 7.10. The molecule has 0 saturated heterocycles. The van der Waals surface area contributed by atoms with Gasteiger partial charge >= 0.3 is 5.97 Å². The first-order chi connectivity index (χ1) is 20.5. The van der Waals surface area contributed by atoms with Gasteiger partial charge in [-0.1, -0.05) is 61.4 Å². The summed E-state index contributed by atoms with van der Waals surface area (Å²) in [6.07, 6.45) is 0.248. The molecule has 44 heavy (non-hydrogen) atoms. The second-order valence-corrected chi connectivity index (χ2v) is 12.8. The zero-order chi connectivity index (χ0) is 32.7. The molecule has 0 fully saturated rings. The largest absolute Gasteiger partial charge is 0.489 e. The smallest absolute Gasteiger partial charge is 0.359 e. The molecule has 2 aromatic carbocycles. The van der Waals surface area contributed by atoms with Crippen molar-refractivity contribution in [3.8, 4) is 16.9 Å². The molecule has 0 N–H and O–H groups in total. The van der Waals surface area contributed by atoms with Crippen LogP contribution in [0.1, 0.15) is 73.8 Å². The number of aromatic nitrogens is 2. The number of nitrogens with zero attached hydrogens (tertiary/aromatic N) is 2. The van der Waals surface area contributed by atoms with Gasteiger partial charge in [-0.3, -0.25) is 9.59 Å². The molecule has 1 aromatic heterocycles. The number of ether oxygens (including phenoxy) is 3. The Morgan fingerprint density at radius 1 is 0.818 bits per heavy atom. The highest BCUT2D eigenvalue weighted by atomic mass is 16.6. The summed E-state index contributed by atoms with van der Waals surface area (Å²) in [4.78, 5) is 40.4. The lowest BCUT2D eigenvalue weighted by Crippen LogP contribution is -2.39. The molecule has 4 rings (SSSR count). The molecule has 8 heteroatoms. The highest BCUT2D eigenvalue weighted by Crippen LogP contribution is 2.43. The fourth-order valence-corrected chi connectivity index (χ4v) is 6.41. The monoisotopic (exact) mass is 598 g/mol. The number of ketones is 2. The summed E-state index contributed by atoms with van der Waals surface area (Å²) < 4.78 is 18.4. The first-order valence-corrected chi connectivity index (χ1v) is 14.6. The van der Waals surface area contributed by atoms with Gasteiger partial charge in [0.2, 0.25) is 23.1 Å². The van der Waals surface area contributed by atoms with E-state index >= 15 is 0 Å². The average molecular weight is 599 g/mol. The highest BCUT2D eigenvalue weighted by Gasteiger charge is 2.44. The van der Waals surface area contributed by atoms with Crippen LogP contribution in [0.4, 0.5) is 0 Å². The van der Waals surface area contributed by atoms with E-state index in [-0.39, 0.29) is 29.2 Å². The molecule has 0 radical (unpaired) electrons. The zero-order valence-electron chi connectivity index (χ0n) is 27.6. The van der Waals surface area contributed by atoms with Gasteiger partial charge in [0, 0.05) is 22.3 Å². The Morgan fingerprint density at radius 3 is 1.95 bits per heavy atom. The van der Waals surface area contributed by atoms with Crippen molar-refractivity contribution >= 4 is 17.5 Å². The second-order valence-electron chi connectivity index (χ2n) is 12.8.